The van der Waals surface area contributed by atoms with Crippen LogP contribution in [-0.2, 0) is 0 Å². The van der Waals surface area contributed by atoms with Gasteiger partial charge in [-0.2, -0.15) is 0 Å². The number of allylic oxidation sites excluding steroid dienone is 2. The van der Waals surface area contributed by atoms with E-state index in [-0.39, 0.29) is 17.0 Å². The number of benzene rings is 1. The summed E-state index contributed by atoms with van der Waals surface area (Å²) >= 11 is 0. The minimum absolute atomic E-state index is 0.0141. The summed E-state index contributed by atoms with van der Waals surface area (Å²) in [5, 5.41) is 0. The molecule has 1 aromatic rings. The van der Waals surface area contributed by atoms with Gasteiger partial charge in [0.25, 0.3) is 0 Å². The topological polar surface area (TPSA) is 21.6 Å². The van der Waals surface area contributed by atoms with Crippen LogP contribution in [0.5, 0.6) is 5.75 Å². The van der Waals surface area contributed by atoms with Gasteiger partial charge in [-0.25, -0.2) is 4.39 Å². The van der Waals surface area contributed by atoms with Gasteiger partial charge in [0, 0.05) is 5.56 Å². The van der Waals surface area contributed by atoms with Crippen LogP contribution in [0.1, 0.15) is 52.5 Å². The van der Waals surface area contributed by atoms with Crippen molar-refractivity contribution < 1.29 is 9.13 Å². The molecule has 0 unspecified atom stereocenters. The number of nitrogens with zero attached hydrogens (tertiary/aromatic N) is 1. The minimum Gasteiger partial charge on any atom is -0.488 e. The number of halogens is 1. The Labute approximate surface area is 133 Å². The van der Waals surface area contributed by atoms with Crippen molar-refractivity contribution in [1.29, 1.82) is 0 Å². The second kappa shape index (κ2) is 6.64. The molecule has 2 rings (SSSR count). The SMILES string of the molecule is C=Nc1c(/C(=C\C)C(C)(C)CC)ccc(F)c1OCC1CC1. The van der Waals surface area contributed by atoms with Crippen LogP contribution in [0.15, 0.2) is 23.2 Å². The van der Waals surface area contributed by atoms with Gasteiger partial charge in [0.1, 0.15) is 5.69 Å². The van der Waals surface area contributed by atoms with Crippen LogP contribution in [0.3, 0.4) is 0 Å². The highest BCUT2D eigenvalue weighted by Gasteiger charge is 2.27. The molecule has 1 aliphatic rings. The Morgan fingerprint density at radius 3 is 2.64 bits per heavy atom. The average Bonchev–Trinajstić information content (AvgIpc) is 3.31. The molecule has 22 heavy (non-hydrogen) atoms. The van der Waals surface area contributed by atoms with Crippen LogP contribution < -0.4 is 4.74 Å². The summed E-state index contributed by atoms with van der Waals surface area (Å²) in [4.78, 5) is 4.09. The summed E-state index contributed by atoms with van der Waals surface area (Å²) < 4.78 is 19.9. The molecule has 0 aromatic heterocycles. The molecule has 0 atom stereocenters. The van der Waals surface area contributed by atoms with Crippen LogP contribution in [0, 0.1) is 17.2 Å². The van der Waals surface area contributed by atoms with Crippen molar-refractivity contribution in [3.05, 3.63) is 29.6 Å². The first kappa shape index (κ1) is 16.7. The minimum atomic E-state index is -0.364. The Balaban J connectivity index is 2.46. The molecule has 0 spiro atoms. The monoisotopic (exact) mass is 303 g/mol. The molecular formula is C19H26FNO. The summed E-state index contributed by atoms with van der Waals surface area (Å²) in [6.07, 6.45) is 5.40. The first-order chi connectivity index (χ1) is 10.4. The van der Waals surface area contributed by atoms with Crippen molar-refractivity contribution in [2.24, 2.45) is 16.3 Å². The first-order valence-corrected chi connectivity index (χ1v) is 8.03. The number of rotatable bonds is 7. The fraction of sp³-hybridized carbons (Fsp3) is 0.526. The largest absolute Gasteiger partial charge is 0.488 e. The van der Waals surface area contributed by atoms with Crippen molar-refractivity contribution in [2.75, 3.05) is 6.61 Å². The zero-order valence-corrected chi connectivity index (χ0v) is 14.1. The van der Waals surface area contributed by atoms with Crippen molar-refractivity contribution in [2.45, 2.75) is 47.0 Å². The summed E-state index contributed by atoms with van der Waals surface area (Å²) in [7, 11) is 0. The second-order valence-corrected chi connectivity index (χ2v) is 6.62. The van der Waals surface area contributed by atoms with E-state index in [0.29, 0.717) is 18.2 Å². The lowest BCUT2D eigenvalue weighted by molar-refractivity contribution is 0.286. The van der Waals surface area contributed by atoms with E-state index in [1.807, 2.05) is 6.92 Å². The van der Waals surface area contributed by atoms with E-state index in [9.17, 15) is 4.39 Å². The molecule has 0 N–H and O–H groups in total. The van der Waals surface area contributed by atoms with Gasteiger partial charge in [-0.05, 0) is 61.9 Å². The molecule has 120 valence electrons. The Hall–Kier alpha value is -1.64. The lowest BCUT2D eigenvalue weighted by atomic mass is 9.77. The Bertz CT molecular complexity index is 585. The summed E-state index contributed by atoms with van der Waals surface area (Å²) in [5.41, 5.74) is 2.57. The molecule has 0 aliphatic heterocycles. The number of hydrogen-bond acceptors (Lipinski definition) is 2. The van der Waals surface area contributed by atoms with Crippen LogP contribution >= 0.6 is 0 Å². The van der Waals surface area contributed by atoms with Gasteiger partial charge < -0.3 is 4.74 Å². The van der Waals surface area contributed by atoms with Crippen molar-refractivity contribution in [3.63, 3.8) is 0 Å². The van der Waals surface area contributed by atoms with Crippen LogP contribution in [-0.4, -0.2) is 13.3 Å². The zero-order valence-electron chi connectivity index (χ0n) is 14.1. The molecule has 1 aliphatic carbocycles. The number of hydrogen-bond donors (Lipinski definition) is 0. The number of aliphatic imine (C=N–C) groups is 1. The van der Waals surface area contributed by atoms with Crippen LogP contribution in [0.25, 0.3) is 5.57 Å². The predicted octanol–water partition coefficient (Wildman–Crippen LogP) is 5.79. The predicted molar refractivity (Wildman–Crippen MR) is 91.6 cm³/mol. The van der Waals surface area contributed by atoms with E-state index in [1.54, 1.807) is 6.07 Å². The molecular weight excluding hydrogens is 277 g/mol. The Morgan fingerprint density at radius 2 is 2.14 bits per heavy atom. The molecule has 1 aromatic carbocycles. The van der Waals surface area contributed by atoms with Gasteiger partial charge in [0.2, 0.25) is 0 Å². The maximum atomic E-state index is 14.2. The third-order valence-corrected chi connectivity index (χ3v) is 4.59. The smallest absolute Gasteiger partial charge is 0.181 e. The number of ether oxygens (including phenoxy) is 1. The van der Waals surface area contributed by atoms with Gasteiger partial charge in [-0.3, -0.25) is 4.99 Å². The van der Waals surface area contributed by atoms with Gasteiger partial charge in [-0.15, -0.1) is 0 Å². The van der Waals surface area contributed by atoms with E-state index in [4.69, 9.17) is 4.74 Å². The molecule has 0 heterocycles. The molecule has 0 saturated heterocycles. The van der Waals surface area contributed by atoms with E-state index < -0.39 is 0 Å². The van der Waals surface area contributed by atoms with Gasteiger partial charge in [0.05, 0.1) is 6.61 Å². The first-order valence-electron chi connectivity index (χ1n) is 8.03. The van der Waals surface area contributed by atoms with E-state index >= 15 is 0 Å². The fourth-order valence-electron chi connectivity index (χ4n) is 2.65. The molecule has 0 bridgehead atoms. The molecule has 0 amide bonds. The molecule has 0 radical (unpaired) electrons. The third-order valence-electron chi connectivity index (χ3n) is 4.59. The van der Waals surface area contributed by atoms with Gasteiger partial charge >= 0.3 is 0 Å². The fourth-order valence-corrected chi connectivity index (χ4v) is 2.65. The van der Waals surface area contributed by atoms with Crippen molar-refractivity contribution in [3.8, 4) is 5.75 Å². The Morgan fingerprint density at radius 1 is 1.45 bits per heavy atom. The van der Waals surface area contributed by atoms with E-state index in [1.165, 1.54) is 18.9 Å². The zero-order chi connectivity index (χ0) is 16.3. The summed E-state index contributed by atoms with van der Waals surface area (Å²) in [6.45, 7) is 12.7. The highest BCUT2D eigenvalue weighted by molar-refractivity contribution is 5.81. The Kier molecular flexibility index (Phi) is 5.05. The molecule has 1 saturated carbocycles. The van der Waals surface area contributed by atoms with Gasteiger partial charge in [-0.1, -0.05) is 26.8 Å². The second-order valence-electron chi connectivity index (χ2n) is 6.62. The molecule has 2 nitrogen and oxygen atoms in total. The quantitative estimate of drug-likeness (QED) is 0.584. The highest BCUT2D eigenvalue weighted by atomic mass is 19.1. The average molecular weight is 303 g/mol. The van der Waals surface area contributed by atoms with E-state index in [2.05, 4.69) is 38.6 Å². The third kappa shape index (κ3) is 3.40. The van der Waals surface area contributed by atoms with Crippen LogP contribution in [0.2, 0.25) is 0 Å². The maximum absolute atomic E-state index is 14.2. The highest BCUT2D eigenvalue weighted by Crippen LogP contribution is 2.45. The van der Waals surface area contributed by atoms with E-state index in [0.717, 1.165) is 17.6 Å². The summed E-state index contributed by atoms with van der Waals surface area (Å²) in [5.74, 6) is 0.441. The standard InChI is InChI=1S/C19H26FNO/c1-6-15(19(3,4)7-2)14-10-11-16(20)18(17(14)21-5)22-12-13-8-9-13/h6,10-11,13H,5,7-9,12H2,1-4H3/b15-6+. The van der Waals surface area contributed by atoms with Crippen molar-refractivity contribution >= 4 is 18.0 Å². The van der Waals surface area contributed by atoms with Crippen LogP contribution in [0.4, 0.5) is 10.1 Å². The maximum Gasteiger partial charge on any atom is 0.181 e. The molecule has 3 heteroatoms. The summed E-state index contributed by atoms with van der Waals surface area (Å²) in [6, 6.07) is 3.26. The lowest BCUT2D eigenvalue weighted by Crippen LogP contribution is -2.13. The van der Waals surface area contributed by atoms with Gasteiger partial charge in [0.15, 0.2) is 11.6 Å². The normalized spacial score (nSPS) is 15.8. The lowest BCUT2D eigenvalue weighted by Gasteiger charge is -2.28. The molecule has 1 fully saturated rings. The van der Waals surface area contributed by atoms with Crippen molar-refractivity contribution in [1.82, 2.24) is 0 Å².